The number of allylic oxidation sites excluding steroid dienone is 1. The standard InChI is InChI=1S/C17H19N/c1-3-4-11-17(2)12-14-9-5-7-13-8-6-10-15(18-17)16(13)14/h3-10,18H,11-12H2,1-2H3. The van der Waals surface area contributed by atoms with E-state index < -0.39 is 0 Å². The van der Waals surface area contributed by atoms with Crippen molar-refractivity contribution in [3.63, 3.8) is 0 Å². The van der Waals surface area contributed by atoms with Crippen molar-refractivity contribution in [1.82, 2.24) is 0 Å². The van der Waals surface area contributed by atoms with Crippen molar-refractivity contribution in [2.24, 2.45) is 0 Å². The summed E-state index contributed by atoms with van der Waals surface area (Å²) < 4.78 is 0. The van der Waals surface area contributed by atoms with Gasteiger partial charge in [-0.25, -0.2) is 0 Å². The molecule has 1 aliphatic heterocycles. The molecular formula is C17H19N. The summed E-state index contributed by atoms with van der Waals surface area (Å²) in [6.07, 6.45) is 6.54. The summed E-state index contributed by atoms with van der Waals surface area (Å²) in [5.41, 5.74) is 2.88. The van der Waals surface area contributed by atoms with Crippen LogP contribution in [0.4, 0.5) is 5.69 Å². The second-order valence-corrected chi connectivity index (χ2v) is 5.46. The van der Waals surface area contributed by atoms with E-state index in [2.05, 4.69) is 67.7 Å². The van der Waals surface area contributed by atoms with Gasteiger partial charge in [0.2, 0.25) is 0 Å². The summed E-state index contributed by atoms with van der Waals surface area (Å²) in [5.74, 6) is 0. The lowest BCUT2D eigenvalue weighted by atomic mass is 9.83. The number of benzene rings is 2. The highest BCUT2D eigenvalue weighted by Crippen LogP contribution is 2.37. The van der Waals surface area contributed by atoms with Gasteiger partial charge in [0.25, 0.3) is 0 Å². The fourth-order valence-electron chi connectivity index (χ4n) is 2.96. The van der Waals surface area contributed by atoms with Gasteiger partial charge in [0, 0.05) is 16.6 Å². The molecule has 1 atom stereocenters. The first-order valence-electron chi connectivity index (χ1n) is 6.62. The summed E-state index contributed by atoms with van der Waals surface area (Å²) in [7, 11) is 0. The van der Waals surface area contributed by atoms with Crippen LogP contribution in [0, 0.1) is 0 Å². The van der Waals surface area contributed by atoms with Crippen LogP contribution in [-0.4, -0.2) is 5.54 Å². The van der Waals surface area contributed by atoms with Gasteiger partial charge in [0.15, 0.2) is 0 Å². The lowest BCUT2D eigenvalue weighted by Crippen LogP contribution is -2.39. The zero-order chi connectivity index (χ0) is 12.6. The number of anilines is 1. The second-order valence-electron chi connectivity index (χ2n) is 5.46. The molecule has 92 valence electrons. The molecule has 1 heterocycles. The summed E-state index contributed by atoms with van der Waals surface area (Å²) >= 11 is 0. The zero-order valence-corrected chi connectivity index (χ0v) is 11.0. The molecule has 2 aromatic rings. The Labute approximate surface area is 109 Å². The van der Waals surface area contributed by atoms with E-state index in [4.69, 9.17) is 0 Å². The Kier molecular flexibility index (Phi) is 2.62. The predicted octanol–water partition coefficient (Wildman–Crippen LogP) is 4.53. The van der Waals surface area contributed by atoms with Crippen molar-refractivity contribution in [3.05, 3.63) is 54.1 Å². The molecule has 18 heavy (non-hydrogen) atoms. The second kappa shape index (κ2) is 4.16. The third-order valence-electron chi connectivity index (χ3n) is 3.81. The molecule has 3 rings (SSSR count). The maximum absolute atomic E-state index is 3.72. The number of hydrogen-bond donors (Lipinski definition) is 1. The van der Waals surface area contributed by atoms with E-state index >= 15 is 0 Å². The molecule has 0 spiro atoms. The zero-order valence-electron chi connectivity index (χ0n) is 11.0. The third kappa shape index (κ3) is 1.80. The van der Waals surface area contributed by atoms with E-state index in [-0.39, 0.29) is 5.54 Å². The van der Waals surface area contributed by atoms with E-state index in [1.165, 1.54) is 22.0 Å². The quantitative estimate of drug-likeness (QED) is 0.756. The largest absolute Gasteiger partial charge is 0.379 e. The summed E-state index contributed by atoms with van der Waals surface area (Å²) in [5, 5.41) is 6.46. The number of nitrogens with one attached hydrogen (secondary N) is 1. The Hall–Kier alpha value is -1.76. The molecule has 0 amide bonds. The maximum atomic E-state index is 3.72. The molecule has 0 bridgehead atoms. The van der Waals surface area contributed by atoms with Gasteiger partial charge >= 0.3 is 0 Å². The normalized spacial score (nSPS) is 22.3. The van der Waals surface area contributed by atoms with Crippen LogP contribution < -0.4 is 5.32 Å². The molecule has 0 aliphatic carbocycles. The van der Waals surface area contributed by atoms with Crippen LogP contribution >= 0.6 is 0 Å². The summed E-state index contributed by atoms with van der Waals surface area (Å²) in [6.45, 7) is 4.39. The molecule has 1 unspecified atom stereocenters. The monoisotopic (exact) mass is 237 g/mol. The highest BCUT2D eigenvalue weighted by molar-refractivity contribution is 5.98. The first kappa shape index (κ1) is 11.3. The Bertz CT molecular complexity index is 569. The minimum absolute atomic E-state index is 0.134. The molecule has 1 N–H and O–H groups in total. The number of hydrogen-bond acceptors (Lipinski definition) is 1. The third-order valence-corrected chi connectivity index (χ3v) is 3.81. The SMILES string of the molecule is CC=CCC1(C)Cc2cccc3cccc(c23)N1. The Balaban J connectivity index is 2.10. The van der Waals surface area contributed by atoms with Crippen molar-refractivity contribution in [2.45, 2.75) is 32.2 Å². The smallest absolute Gasteiger partial charge is 0.0427 e. The fourth-order valence-corrected chi connectivity index (χ4v) is 2.96. The molecule has 0 aromatic heterocycles. The first-order valence-corrected chi connectivity index (χ1v) is 6.62. The van der Waals surface area contributed by atoms with Crippen molar-refractivity contribution in [2.75, 3.05) is 5.32 Å². The molecule has 0 radical (unpaired) electrons. The average Bonchev–Trinajstić information content (AvgIpc) is 2.37. The Morgan fingerprint density at radius 3 is 2.78 bits per heavy atom. The lowest BCUT2D eigenvalue weighted by Gasteiger charge is -2.36. The van der Waals surface area contributed by atoms with Crippen LogP contribution in [0.25, 0.3) is 10.8 Å². The van der Waals surface area contributed by atoms with Crippen LogP contribution in [0.15, 0.2) is 48.6 Å². The van der Waals surface area contributed by atoms with Crippen molar-refractivity contribution < 1.29 is 0 Å². The van der Waals surface area contributed by atoms with Gasteiger partial charge in [-0.15, -0.1) is 0 Å². The summed E-state index contributed by atoms with van der Waals surface area (Å²) in [6, 6.07) is 13.1. The maximum Gasteiger partial charge on any atom is 0.0427 e. The Morgan fingerprint density at radius 1 is 1.22 bits per heavy atom. The molecule has 1 heteroatoms. The molecule has 1 aliphatic rings. The van der Waals surface area contributed by atoms with E-state index in [0.717, 1.165) is 12.8 Å². The predicted molar refractivity (Wildman–Crippen MR) is 79.1 cm³/mol. The molecule has 1 nitrogen and oxygen atoms in total. The number of rotatable bonds is 2. The van der Waals surface area contributed by atoms with Gasteiger partial charge in [0.05, 0.1) is 0 Å². The van der Waals surface area contributed by atoms with Gasteiger partial charge in [-0.3, -0.25) is 0 Å². The van der Waals surface area contributed by atoms with Gasteiger partial charge in [-0.05, 0) is 43.7 Å². The Morgan fingerprint density at radius 2 is 2.00 bits per heavy atom. The molecule has 0 saturated carbocycles. The minimum atomic E-state index is 0.134. The van der Waals surface area contributed by atoms with Gasteiger partial charge < -0.3 is 5.32 Å². The van der Waals surface area contributed by atoms with Crippen LogP contribution in [0.3, 0.4) is 0 Å². The van der Waals surface area contributed by atoms with Crippen LogP contribution in [0.2, 0.25) is 0 Å². The highest BCUT2D eigenvalue weighted by atomic mass is 15.0. The summed E-state index contributed by atoms with van der Waals surface area (Å²) in [4.78, 5) is 0. The van der Waals surface area contributed by atoms with Crippen LogP contribution in [0.5, 0.6) is 0 Å². The van der Waals surface area contributed by atoms with Gasteiger partial charge in [-0.2, -0.15) is 0 Å². The van der Waals surface area contributed by atoms with Crippen LogP contribution in [-0.2, 0) is 6.42 Å². The minimum Gasteiger partial charge on any atom is -0.379 e. The molecular weight excluding hydrogens is 218 g/mol. The van der Waals surface area contributed by atoms with Crippen molar-refractivity contribution in [3.8, 4) is 0 Å². The fraction of sp³-hybridized carbons (Fsp3) is 0.294. The van der Waals surface area contributed by atoms with E-state index in [1.807, 2.05) is 0 Å². The van der Waals surface area contributed by atoms with Gasteiger partial charge in [-0.1, -0.05) is 42.5 Å². The van der Waals surface area contributed by atoms with Crippen molar-refractivity contribution >= 4 is 16.5 Å². The van der Waals surface area contributed by atoms with E-state index in [0.29, 0.717) is 0 Å². The lowest BCUT2D eigenvalue weighted by molar-refractivity contribution is 0.512. The van der Waals surface area contributed by atoms with Gasteiger partial charge in [0.1, 0.15) is 0 Å². The van der Waals surface area contributed by atoms with Crippen molar-refractivity contribution in [1.29, 1.82) is 0 Å². The van der Waals surface area contributed by atoms with E-state index in [9.17, 15) is 0 Å². The first-order chi connectivity index (χ1) is 8.72. The highest BCUT2D eigenvalue weighted by Gasteiger charge is 2.28. The average molecular weight is 237 g/mol. The van der Waals surface area contributed by atoms with E-state index in [1.54, 1.807) is 0 Å². The molecule has 2 aromatic carbocycles. The topological polar surface area (TPSA) is 12.0 Å². The molecule has 0 fully saturated rings. The molecule has 0 saturated heterocycles. The van der Waals surface area contributed by atoms with Crippen LogP contribution in [0.1, 0.15) is 25.8 Å².